The number of anilines is 1. The average Bonchev–Trinajstić information content (AvgIpc) is 2.30. The van der Waals surface area contributed by atoms with Gasteiger partial charge in [-0.05, 0) is 31.5 Å². The zero-order valence-electron chi connectivity index (χ0n) is 10.7. The molecule has 2 rings (SSSR count). The van der Waals surface area contributed by atoms with Gasteiger partial charge in [0.25, 0.3) is 0 Å². The fourth-order valence-corrected chi connectivity index (χ4v) is 2.49. The summed E-state index contributed by atoms with van der Waals surface area (Å²) in [5.74, 6) is 0. The number of aryl methyl sites for hydroxylation is 2. The number of likely N-dealkylation sites (N-methyl/N-ethyl adjacent to an activating group) is 1. The maximum atomic E-state index is 2.55. The van der Waals surface area contributed by atoms with E-state index in [1.807, 2.05) is 0 Å². The Morgan fingerprint density at radius 3 is 2.44 bits per heavy atom. The SMILES string of the molecule is CCc1cccc(C)c1N1CCN(C)CC1. The normalized spacial score (nSPS) is 17.8. The number of hydrogen-bond acceptors (Lipinski definition) is 2. The van der Waals surface area contributed by atoms with Crippen LogP contribution >= 0.6 is 0 Å². The van der Waals surface area contributed by atoms with Gasteiger partial charge < -0.3 is 9.80 Å². The Hall–Kier alpha value is -1.02. The van der Waals surface area contributed by atoms with Crippen molar-refractivity contribution in [2.24, 2.45) is 0 Å². The topological polar surface area (TPSA) is 6.48 Å². The maximum absolute atomic E-state index is 2.55. The van der Waals surface area contributed by atoms with E-state index in [0.717, 1.165) is 19.5 Å². The lowest BCUT2D eigenvalue weighted by Crippen LogP contribution is -2.45. The largest absolute Gasteiger partial charge is 0.369 e. The van der Waals surface area contributed by atoms with Crippen LogP contribution in [0.1, 0.15) is 18.1 Å². The molecule has 0 aromatic heterocycles. The lowest BCUT2D eigenvalue weighted by atomic mass is 10.0. The summed E-state index contributed by atoms with van der Waals surface area (Å²) >= 11 is 0. The number of hydrogen-bond donors (Lipinski definition) is 0. The molecule has 0 bridgehead atoms. The van der Waals surface area contributed by atoms with Crippen LogP contribution in [0, 0.1) is 6.92 Å². The Morgan fingerprint density at radius 1 is 1.12 bits per heavy atom. The van der Waals surface area contributed by atoms with Gasteiger partial charge in [0.05, 0.1) is 0 Å². The van der Waals surface area contributed by atoms with Crippen molar-refractivity contribution in [1.29, 1.82) is 0 Å². The van der Waals surface area contributed by atoms with Crippen molar-refractivity contribution >= 4 is 5.69 Å². The van der Waals surface area contributed by atoms with Gasteiger partial charge in [-0.3, -0.25) is 0 Å². The standard InChI is InChI=1S/C14H22N2/c1-4-13-7-5-6-12(2)14(13)16-10-8-15(3)9-11-16/h5-7H,4,8-11H2,1-3H3. The maximum Gasteiger partial charge on any atom is 0.0429 e. The molecule has 0 saturated carbocycles. The highest BCUT2D eigenvalue weighted by atomic mass is 15.2. The van der Waals surface area contributed by atoms with E-state index in [4.69, 9.17) is 0 Å². The van der Waals surface area contributed by atoms with Crippen molar-refractivity contribution in [3.05, 3.63) is 29.3 Å². The zero-order chi connectivity index (χ0) is 11.5. The van der Waals surface area contributed by atoms with E-state index in [1.54, 1.807) is 0 Å². The van der Waals surface area contributed by atoms with Crippen molar-refractivity contribution < 1.29 is 0 Å². The van der Waals surface area contributed by atoms with E-state index in [2.05, 4.69) is 48.9 Å². The lowest BCUT2D eigenvalue weighted by molar-refractivity contribution is 0.312. The molecule has 2 heteroatoms. The molecule has 0 radical (unpaired) electrons. The molecule has 1 heterocycles. The molecule has 2 nitrogen and oxygen atoms in total. The molecule has 1 aromatic carbocycles. The molecule has 88 valence electrons. The molecule has 1 aliphatic heterocycles. The van der Waals surface area contributed by atoms with Crippen LogP contribution in [0.15, 0.2) is 18.2 Å². The number of para-hydroxylation sites is 1. The minimum absolute atomic E-state index is 1.13. The van der Waals surface area contributed by atoms with E-state index in [-0.39, 0.29) is 0 Å². The number of piperazine rings is 1. The van der Waals surface area contributed by atoms with Crippen LogP contribution in [-0.2, 0) is 6.42 Å². The fourth-order valence-electron chi connectivity index (χ4n) is 2.49. The molecule has 1 fully saturated rings. The quantitative estimate of drug-likeness (QED) is 0.751. The van der Waals surface area contributed by atoms with E-state index in [1.165, 1.54) is 29.9 Å². The van der Waals surface area contributed by atoms with Gasteiger partial charge in [0.15, 0.2) is 0 Å². The molecule has 0 aliphatic carbocycles. The second-order valence-electron chi connectivity index (χ2n) is 4.73. The predicted octanol–water partition coefficient (Wildman–Crippen LogP) is 2.31. The molecule has 0 amide bonds. The van der Waals surface area contributed by atoms with E-state index in [9.17, 15) is 0 Å². The van der Waals surface area contributed by atoms with Crippen molar-refractivity contribution in [3.63, 3.8) is 0 Å². The Morgan fingerprint density at radius 2 is 1.81 bits per heavy atom. The van der Waals surface area contributed by atoms with Crippen LogP contribution in [0.2, 0.25) is 0 Å². The third-order valence-corrected chi connectivity index (χ3v) is 3.52. The lowest BCUT2D eigenvalue weighted by Gasteiger charge is -2.36. The van der Waals surface area contributed by atoms with Gasteiger partial charge in [-0.2, -0.15) is 0 Å². The Balaban J connectivity index is 2.25. The first kappa shape index (κ1) is 11.5. The van der Waals surface area contributed by atoms with Crippen LogP contribution < -0.4 is 4.90 Å². The summed E-state index contributed by atoms with van der Waals surface area (Å²) < 4.78 is 0. The van der Waals surface area contributed by atoms with Crippen LogP contribution in [0.4, 0.5) is 5.69 Å². The molecule has 1 aromatic rings. The van der Waals surface area contributed by atoms with Gasteiger partial charge in [-0.15, -0.1) is 0 Å². The van der Waals surface area contributed by atoms with Crippen molar-refractivity contribution in [2.75, 3.05) is 38.1 Å². The minimum Gasteiger partial charge on any atom is -0.369 e. The fraction of sp³-hybridized carbons (Fsp3) is 0.571. The molecular formula is C14H22N2. The van der Waals surface area contributed by atoms with Crippen LogP contribution in [0.25, 0.3) is 0 Å². The van der Waals surface area contributed by atoms with Gasteiger partial charge in [0.2, 0.25) is 0 Å². The summed E-state index contributed by atoms with van der Waals surface area (Å²) in [5.41, 5.74) is 4.39. The average molecular weight is 218 g/mol. The molecule has 0 N–H and O–H groups in total. The van der Waals surface area contributed by atoms with Crippen molar-refractivity contribution in [3.8, 4) is 0 Å². The third kappa shape index (κ3) is 2.22. The summed E-state index contributed by atoms with van der Waals surface area (Å²) in [7, 11) is 2.20. The summed E-state index contributed by atoms with van der Waals surface area (Å²) in [5, 5.41) is 0. The molecule has 1 saturated heterocycles. The summed E-state index contributed by atoms with van der Waals surface area (Å²) in [4.78, 5) is 4.95. The van der Waals surface area contributed by atoms with Gasteiger partial charge in [0, 0.05) is 31.9 Å². The van der Waals surface area contributed by atoms with Gasteiger partial charge in [-0.25, -0.2) is 0 Å². The molecule has 1 aliphatic rings. The zero-order valence-corrected chi connectivity index (χ0v) is 10.7. The van der Waals surface area contributed by atoms with E-state index >= 15 is 0 Å². The van der Waals surface area contributed by atoms with Gasteiger partial charge >= 0.3 is 0 Å². The highest BCUT2D eigenvalue weighted by Gasteiger charge is 2.17. The number of nitrogens with zero attached hydrogens (tertiary/aromatic N) is 2. The van der Waals surface area contributed by atoms with Crippen LogP contribution in [-0.4, -0.2) is 38.1 Å². The first-order chi connectivity index (χ1) is 7.72. The minimum atomic E-state index is 1.13. The summed E-state index contributed by atoms with van der Waals surface area (Å²) in [6, 6.07) is 6.67. The Labute approximate surface area is 98.9 Å². The summed E-state index contributed by atoms with van der Waals surface area (Å²) in [6.45, 7) is 9.15. The molecule has 0 spiro atoms. The molecular weight excluding hydrogens is 196 g/mol. The second kappa shape index (κ2) is 4.88. The molecule has 0 atom stereocenters. The first-order valence-electron chi connectivity index (χ1n) is 6.24. The molecule has 16 heavy (non-hydrogen) atoms. The second-order valence-corrected chi connectivity index (χ2v) is 4.73. The van der Waals surface area contributed by atoms with E-state index in [0.29, 0.717) is 0 Å². The monoisotopic (exact) mass is 218 g/mol. The van der Waals surface area contributed by atoms with Crippen molar-refractivity contribution in [2.45, 2.75) is 20.3 Å². The smallest absolute Gasteiger partial charge is 0.0429 e. The number of rotatable bonds is 2. The highest BCUT2D eigenvalue weighted by molar-refractivity contribution is 5.59. The third-order valence-electron chi connectivity index (χ3n) is 3.52. The van der Waals surface area contributed by atoms with Crippen molar-refractivity contribution in [1.82, 2.24) is 4.90 Å². The van der Waals surface area contributed by atoms with Gasteiger partial charge in [-0.1, -0.05) is 25.1 Å². The highest BCUT2D eigenvalue weighted by Crippen LogP contribution is 2.26. The Bertz CT molecular complexity index is 352. The summed E-state index contributed by atoms with van der Waals surface area (Å²) in [6.07, 6.45) is 1.13. The van der Waals surface area contributed by atoms with E-state index < -0.39 is 0 Å². The predicted molar refractivity (Wildman–Crippen MR) is 70.3 cm³/mol. The number of benzene rings is 1. The first-order valence-corrected chi connectivity index (χ1v) is 6.24. The Kier molecular flexibility index (Phi) is 3.49. The molecule has 0 unspecified atom stereocenters. The van der Waals surface area contributed by atoms with Gasteiger partial charge in [0.1, 0.15) is 0 Å². The van der Waals surface area contributed by atoms with Crippen LogP contribution in [0.3, 0.4) is 0 Å². The van der Waals surface area contributed by atoms with Crippen LogP contribution in [0.5, 0.6) is 0 Å².